The molecule has 2 heterocycles. The molecule has 0 unspecified atom stereocenters. The molecular weight excluding hydrogens is 174 g/mol. The van der Waals surface area contributed by atoms with Crippen LogP contribution in [0.25, 0.3) is 0 Å². The number of anilines is 1. The molecule has 3 heteroatoms. The molecule has 0 N–H and O–H groups in total. The predicted molar refractivity (Wildman–Crippen MR) is 57.7 cm³/mol. The zero-order chi connectivity index (χ0) is 10.1. The van der Waals surface area contributed by atoms with Crippen molar-refractivity contribution < 1.29 is 0 Å². The van der Waals surface area contributed by atoms with Crippen LogP contribution in [-0.4, -0.2) is 23.1 Å². The molecule has 0 aliphatic carbocycles. The molecule has 1 aliphatic rings. The number of aromatic nitrogens is 2. The predicted octanol–water partition coefficient (Wildman–Crippen LogP) is 2.00. The van der Waals surface area contributed by atoms with Crippen molar-refractivity contribution in [2.75, 3.05) is 18.0 Å². The lowest BCUT2D eigenvalue weighted by Crippen LogP contribution is -2.21. The number of hydrogen-bond acceptors (Lipinski definition) is 3. The minimum atomic E-state index is 0.920. The van der Waals surface area contributed by atoms with E-state index in [-0.39, 0.29) is 0 Å². The van der Waals surface area contributed by atoms with Gasteiger partial charge >= 0.3 is 0 Å². The van der Waals surface area contributed by atoms with Crippen LogP contribution in [0.1, 0.15) is 29.8 Å². The van der Waals surface area contributed by atoms with Crippen molar-refractivity contribution in [3.05, 3.63) is 17.0 Å². The summed E-state index contributed by atoms with van der Waals surface area (Å²) >= 11 is 0. The van der Waals surface area contributed by atoms with E-state index in [0.717, 1.165) is 30.4 Å². The van der Waals surface area contributed by atoms with Gasteiger partial charge in [0.25, 0.3) is 0 Å². The number of hydrogen-bond donors (Lipinski definition) is 0. The summed E-state index contributed by atoms with van der Waals surface area (Å²) in [4.78, 5) is 11.3. The fourth-order valence-electron chi connectivity index (χ4n) is 1.81. The van der Waals surface area contributed by atoms with Gasteiger partial charge < -0.3 is 4.90 Å². The molecular formula is C11H17N3. The lowest BCUT2D eigenvalue weighted by molar-refractivity contribution is 0.870. The average Bonchev–Trinajstić information content (AvgIpc) is 2.66. The first kappa shape index (κ1) is 9.44. The molecule has 1 saturated heterocycles. The van der Waals surface area contributed by atoms with Crippen LogP contribution >= 0.6 is 0 Å². The molecule has 0 amide bonds. The van der Waals surface area contributed by atoms with Crippen LogP contribution in [-0.2, 0) is 0 Å². The molecule has 0 saturated carbocycles. The van der Waals surface area contributed by atoms with E-state index in [1.807, 2.05) is 0 Å². The lowest BCUT2D eigenvalue weighted by Gasteiger charge is -2.16. The molecule has 76 valence electrons. The van der Waals surface area contributed by atoms with Gasteiger partial charge in [-0.15, -0.1) is 0 Å². The van der Waals surface area contributed by atoms with Gasteiger partial charge in [-0.25, -0.2) is 9.97 Å². The van der Waals surface area contributed by atoms with Crippen LogP contribution in [0.5, 0.6) is 0 Å². The molecule has 1 aromatic heterocycles. The van der Waals surface area contributed by atoms with Crippen molar-refractivity contribution in [1.29, 1.82) is 0 Å². The summed E-state index contributed by atoms with van der Waals surface area (Å²) < 4.78 is 0. The smallest absolute Gasteiger partial charge is 0.225 e. The number of aryl methyl sites for hydroxylation is 2. The SMILES string of the molecule is Cc1nc(N2CCCC2)nc(C)c1C. The van der Waals surface area contributed by atoms with Gasteiger partial charge in [0.1, 0.15) is 0 Å². The maximum absolute atomic E-state index is 4.53. The van der Waals surface area contributed by atoms with Crippen LogP contribution in [0.15, 0.2) is 0 Å². The van der Waals surface area contributed by atoms with E-state index >= 15 is 0 Å². The Kier molecular flexibility index (Phi) is 2.40. The third-order valence-electron chi connectivity index (χ3n) is 3.01. The minimum absolute atomic E-state index is 0.920. The summed E-state index contributed by atoms with van der Waals surface area (Å²) in [5, 5.41) is 0. The summed E-state index contributed by atoms with van der Waals surface area (Å²) in [6.45, 7) is 8.43. The second kappa shape index (κ2) is 3.56. The van der Waals surface area contributed by atoms with E-state index in [1.165, 1.54) is 18.4 Å². The summed E-state index contributed by atoms with van der Waals surface area (Å²) in [7, 11) is 0. The molecule has 1 aromatic rings. The Hall–Kier alpha value is -1.12. The zero-order valence-electron chi connectivity index (χ0n) is 9.17. The van der Waals surface area contributed by atoms with Gasteiger partial charge in [0.05, 0.1) is 0 Å². The highest BCUT2D eigenvalue weighted by atomic mass is 15.3. The largest absolute Gasteiger partial charge is 0.341 e. The van der Waals surface area contributed by atoms with E-state index in [2.05, 4.69) is 35.6 Å². The molecule has 0 aromatic carbocycles. The highest BCUT2D eigenvalue weighted by Gasteiger charge is 2.16. The Morgan fingerprint density at radius 2 is 1.43 bits per heavy atom. The van der Waals surface area contributed by atoms with Gasteiger partial charge in [-0.3, -0.25) is 0 Å². The van der Waals surface area contributed by atoms with Crippen molar-refractivity contribution in [2.24, 2.45) is 0 Å². The molecule has 1 fully saturated rings. The summed E-state index contributed by atoms with van der Waals surface area (Å²) in [5.41, 5.74) is 3.44. The quantitative estimate of drug-likeness (QED) is 0.680. The second-order valence-electron chi connectivity index (χ2n) is 4.01. The van der Waals surface area contributed by atoms with Gasteiger partial charge in [0.15, 0.2) is 0 Å². The first-order chi connectivity index (χ1) is 6.68. The van der Waals surface area contributed by atoms with Crippen molar-refractivity contribution in [2.45, 2.75) is 33.6 Å². The van der Waals surface area contributed by atoms with Crippen molar-refractivity contribution >= 4 is 5.95 Å². The summed E-state index contributed by atoms with van der Waals surface area (Å²) in [6, 6.07) is 0. The van der Waals surface area contributed by atoms with E-state index in [0.29, 0.717) is 0 Å². The maximum atomic E-state index is 4.53. The second-order valence-corrected chi connectivity index (χ2v) is 4.01. The van der Waals surface area contributed by atoms with Gasteiger partial charge in [0.2, 0.25) is 5.95 Å². The molecule has 0 radical (unpaired) electrons. The van der Waals surface area contributed by atoms with Crippen LogP contribution in [0.4, 0.5) is 5.95 Å². The Morgan fingerprint density at radius 1 is 0.929 bits per heavy atom. The van der Waals surface area contributed by atoms with E-state index < -0.39 is 0 Å². The first-order valence-electron chi connectivity index (χ1n) is 5.25. The van der Waals surface area contributed by atoms with Crippen molar-refractivity contribution in [3.8, 4) is 0 Å². The standard InChI is InChI=1S/C11H17N3/c1-8-9(2)12-11(13-10(8)3)14-6-4-5-7-14/h4-7H2,1-3H3. The Bertz CT molecular complexity index is 317. The average molecular weight is 191 g/mol. The van der Waals surface area contributed by atoms with E-state index in [9.17, 15) is 0 Å². The van der Waals surface area contributed by atoms with Crippen molar-refractivity contribution in [1.82, 2.24) is 9.97 Å². The van der Waals surface area contributed by atoms with Crippen LogP contribution in [0.3, 0.4) is 0 Å². The third kappa shape index (κ3) is 1.59. The van der Waals surface area contributed by atoms with Crippen LogP contribution < -0.4 is 4.90 Å². The van der Waals surface area contributed by atoms with Crippen LogP contribution in [0, 0.1) is 20.8 Å². The highest BCUT2D eigenvalue weighted by Crippen LogP contribution is 2.18. The van der Waals surface area contributed by atoms with Crippen molar-refractivity contribution in [3.63, 3.8) is 0 Å². The first-order valence-corrected chi connectivity index (χ1v) is 5.25. The molecule has 1 aliphatic heterocycles. The summed E-state index contributed by atoms with van der Waals surface area (Å²) in [5.74, 6) is 0.920. The monoisotopic (exact) mass is 191 g/mol. The lowest BCUT2D eigenvalue weighted by atomic mass is 10.2. The minimum Gasteiger partial charge on any atom is -0.341 e. The van der Waals surface area contributed by atoms with E-state index in [1.54, 1.807) is 0 Å². The molecule has 0 atom stereocenters. The molecule has 3 nitrogen and oxygen atoms in total. The Morgan fingerprint density at radius 3 is 1.93 bits per heavy atom. The molecule has 14 heavy (non-hydrogen) atoms. The highest BCUT2D eigenvalue weighted by molar-refractivity contribution is 5.36. The van der Waals surface area contributed by atoms with Gasteiger partial charge in [-0.05, 0) is 39.2 Å². The normalized spacial score (nSPS) is 16.4. The van der Waals surface area contributed by atoms with Gasteiger partial charge in [-0.2, -0.15) is 0 Å². The topological polar surface area (TPSA) is 29.0 Å². The molecule has 0 spiro atoms. The Balaban J connectivity index is 2.34. The van der Waals surface area contributed by atoms with E-state index in [4.69, 9.17) is 0 Å². The zero-order valence-corrected chi connectivity index (χ0v) is 9.17. The van der Waals surface area contributed by atoms with Gasteiger partial charge in [0, 0.05) is 24.5 Å². The molecule has 2 rings (SSSR count). The van der Waals surface area contributed by atoms with Gasteiger partial charge in [-0.1, -0.05) is 0 Å². The fourth-order valence-corrected chi connectivity index (χ4v) is 1.81. The third-order valence-corrected chi connectivity index (χ3v) is 3.01. The molecule has 0 bridgehead atoms. The maximum Gasteiger partial charge on any atom is 0.225 e. The summed E-state index contributed by atoms with van der Waals surface area (Å²) in [6.07, 6.45) is 2.55. The fraction of sp³-hybridized carbons (Fsp3) is 0.636. The number of nitrogens with zero attached hydrogens (tertiary/aromatic N) is 3. The Labute approximate surface area is 85.2 Å². The number of rotatable bonds is 1. The van der Waals surface area contributed by atoms with Crippen LogP contribution in [0.2, 0.25) is 0 Å².